The molecule has 0 amide bonds. The molecule has 0 heterocycles. The predicted molar refractivity (Wildman–Crippen MR) is 58.7 cm³/mol. The molecule has 86 valence electrons. The zero-order valence-corrected chi connectivity index (χ0v) is 9.36. The van der Waals surface area contributed by atoms with Gasteiger partial charge in [-0.15, -0.1) is 0 Å². The number of esters is 1. The van der Waals surface area contributed by atoms with Crippen molar-refractivity contribution in [1.29, 1.82) is 0 Å². The summed E-state index contributed by atoms with van der Waals surface area (Å²) in [5.41, 5.74) is 1.10. The van der Waals surface area contributed by atoms with E-state index in [1.807, 2.05) is 0 Å². The molecule has 0 aliphatic heterocycles. The van der Waals surface area contributed by atoms with Crippen LogP contribution in [0.1, 0.15) is 22.8 Å². The van der Waals surface area contributed by atoms with Crippen molar-refractivity contribution in [2.75, 3.05) is 13.7 Å². The van der Waals surface area contributed by atoms with Gasteiger partial charge in [0.1, 0.15) is 12.0 Å². The number of ether oxygens (including phenoxy) is 2. The van der Waals surface area contributed by atoms with Crippen LogP contribution in [0.4, 0.5) is 0 Å². The normalized spacial score (nSPS) is 9.62. The second kappa shape index (κ2) is 5.90. The van der Waals surface area contributed by atoms with Crippen LogP contribution in [0.25, 0.3) is 0 Å². The van der Waals surface area contributed by atoms with Gasteiger partial charge in [0.2, 0.25) is 0 Å². The van der Waals surface area contributed by atoms with Crippen molar-refractivity contribution in [3.8, 4) is 5.75 Å². The predicted octanol–water partition coefficient (Wildman–Crippen LogP) is 1.61. The molecule has 0 unspecified atom stereocenters. The van der Waals surface area contributed by atoms with Gasteiger partial charge in [-0.3, -0.25) is 9.59 Å². The van der Waals surface area contributed by atoms with E-state index in [0.29, 0.717) is 29.8 Å². The molecule has 16 heavy (non-hydrogen) atoms. The Labute approximate surface area is 94.2 Å². The first-order valence-electron chi connectivity index (χ1n) is 4.99. The Morgan fingerprint density at radius 3 is 2.75 bits per heavy atom. The van der Waals surface area contributed by atoms with Gasteiger partial charge in [-0.1, -0.05) is 6.07 Å². The van der Waals surface area contributed by atoms with Gasteiger partial charge in [0.15, 0.2) is 0 Å². The summed E-state index contributed by atoms with van der Waals surface area (Å²) in [7, 11) is 1.52. The number of methoxy groups -OCH3 is 1. The first-order chi connectivity index (χ1) is 7.71. The van der Waals surface area contributed by atoms with Crippen LogP contribution in [0.2, 0.25) is 0 Å². The summed E-state index contributed by atoms with van der Waals surface area (Å²) >= 11 is 0. The van der Waals surface area contributed by atoms with Crippen molar-refractivity contribution >= 4 is 12.3 Å². The van der Waals surface area contributed by atoms with Gasteiger partial charge in [0.25, 0.3) is 0 Å². The summed E-state index contributed by atoms with van der Waals surface area (Å²) in [6.45, 7) is 2.08. The molecule has 4 heteroatoms. The van der Waals surface area contributed by atoms with Crippen molar-refractivity contribution in [3.05, 3.63) is 29.3 Å². The molecule has 1 aromatic rings. The molecule has 1 aromatic carbocycles. The Bertz CT molecular complexity index is 385. The molecule has 0 N–H and O–H groups in total. The molecule has 0 saturated heterocycles. The van der Waals surface area contributed by atoms with Crippen molar-refractivity contribution in [1.82, 2.24) is 0 Å². The van der Waals surface area contributed by atoms with E-state index in [4.69, 9.17) is 9.47 Å². The molecule has 1 rings (SSSR count). The van der Waals surface area contributed by atoms with E-state index < -0.39 is 0 Å². The molecule has 4 nitrogen and oxygen atoms in total. The third kappa shape index (κ3) is 3.08. The Balaban J connectivity index is 2.87. The fraction of sp³-hybridized carbons (Fsp3) is 0.333. The molecule has 0 aliphatic rings. The lowest BCUT2D eigenvalue weighted by molar-refractivity contribution is -0.142. The first-order valence-corrected chi connectivity index (χ1v) is 4.99. The lowest BCUT2D eigenvalue weighted by Gasteiger charge is -2.06. The smallest absolute Gasteiger partial charge is 0.310 e. The van der Waals surface area contributed by atoms with Crippen LogP contribution in [0.3, 0.4) is 0 Å². The molecule has 0 bridgehead atoms. The van der Waals surface area contributed by atoms with Crippen LogP contribution in [-0.4, -0.2) is 26.0 Å². The highest BCUT2D eigenvalue weighted by Gasteiger charge is 2.09. The van der Waals surface area contributed by atoms with Gasteiger partial charge in [0, 0.05) is 5.56 Å². The van der Waals surface area contributed by atoms with E-state index in [2.05, 4.69) is 0 Å². The second-order valence-corrected chi connectivity index (χ2v) is 3.16. The number of hydrogen-bond acceptors (Lipinski definition) is 4. The second-order valence-electron chi connectivity index (χ2n) is 3.16. The fourth-order valence-electron chi connectivity index (χ4n) is 1.34. The van der Waals surface area contributed by atoms with E-state index in [9.17, 15) is 9.59 Å². The summed E-state index contributed by atoms with van der Waals surface area (Å²) in [5, 5.41) is 0. The highest BCUT2D eigenvalue weighted by Crippen LogP contribution is 2.17. The van der Waals surface area contributed by atoms with E-state index in [-0.39, 0.29) is 12.4 Å². The monoisotopic (exact) mass is 222 g/mol. The van der Waals surface area contributed by atoms with Gasteiger partial charge >= 0.3 is 5.97 Å². The average molecular weight is 222 g/mol. The third-order valence-corrected chi connectivity index (χ3v) is 2.12. The average Bonchev–Trinajstić information content (AvgIpc) is 2.30. The van der Waals surface area contributed by atoms with E-state index in [1.165, 1.54) is 7.11 Å². The lowest BCUT2D eigenvalue weighted by atomic mass is 10.1. The maximum Gasteiger partial charge on any atom is 0.310 e. The van der Waals surface area contributed by atoms with Crippen molar-refractivity contribution in [2.45, 2.75) is 13.3 Å². The lowest BCUT2D eigenvalue weighted by Crippen LogP contribution is -2.09. The van der Waals surface area contributed by atoms with E-state index in [0.717, 1.165) is 0 Å². The van der Waals surface area contributed by atoms with Crippen LogP contribution < -0.4 is 4.74 Å². The minimum atomic E-state index is -0.337. The summed E-state index contributed by atoms with van der Waals surface area (Å²) < 4.78 is 9.80. The Kier molecular flexibility index (Phi) is 4.51. The summed E-state index contributed by atoms with van der Waals surface area (Å²) in [6, 6.07) is 5.00. The summed E-state index contributed by atoms with van der Waals surface area (Å²) in [5.74, 6) is 0.255. The summed E-state index contributed by atoms with van der Waals surface area (Å²) in [4.78, 5) is 22.1. The summed E-state index contributed by atoms with van der Waals surface area (Å²) in [6.07, 6.45) is 0.809. The molecule has 0 radical (unpaired) electrons. The van der Waals surface area contributed by atoms with Gasteiger partial charge in [-0.25, -0.2) is 0 Å². The maximum absolute atomic E-state index is 11.3. The van der Waals surface area contributed by atoms with Crippen LogP contribution >= 0.6 is 0 Å². The van der Waals surface area contributed by atoms with Gasteiger partial charge in [0.05, 0.1) is 20.1 Å². The highest BCUT2D eigenvalue weighted by atomic mass is 16.5. The number of aldehydes is 1. The number of rotatable bonds is 5. The Morgan fingerprint density at radius 2 is 2.19 bits per heavy atom. The molecule has 0 atom stereocenters. The van der Waals surface area contributed by atoms with Gasteiger partial charge in [-0.2, -0.15) is 0 Å². The molecule has 0 aromatic heterocycles. The van der Waals surface area contributed by atoms with Crippen molar-refractivity contribution in [2.24, 2.45) is 0 Å². The van der Waals surface area contributed by atoms with Crippen molar-refractivity contribution < 1.29 is 19.1 Å². The molecular formula is C12H14O4. The quantitative estimate of drug-likeness (QED) is 0.561. The van der Waals surface area contributed by atoms with E-state index >= 15 is 0 Å². The number of benzene rings is 1. The molecule has 0 fully saturated rings. The standard InChI is InChI=1S/C12H14O4/c1-3-16-12(14)7-9-4-5-11(15-2)6-10(9)8-13/h4-6,8H,3,7H2,1-2H3. The minimum absolute atomic E-state index is 0.103. The molecule has 0 saturated carbocycles. The third-order valence-electron chi connectivity index (χ3n) is 2.12. The topological polar surface area (TPSA) is 52.6 Å². The number of carbonyl (C=O) groups is 2. The van der Waals surface area contributed by atoms with Gasteiger partial charge in [-0.05, 0) is 24.6 Å². The Morgan fingerprint density at radius 1 is 1.44 bits per heavy atom. The van der Waals surface area contributed by atoms with Crippen LogP contribution in [-0.2, 0) is 16.0 Å². The first kappa shape index (κ1) is 12.2. The SMILES string of the molecule is CCOC(=O)Cc1ccc(OC)cc1C=O. The Hall–Kier alpha value is -1.84. The zero-order chi connectivity index (χ0) is 12.0. The van der Waals surface area contributed by atoms with Gasteiger partial charge < -0.3 is 9.47 Å². The maximum atomic E-state index is 11.3. The van der Waals surface area contributed by atoms with Crippen LogP contribution in [0.5, 0.6) is 5.75 Å². The zero-order valence-electron chi connectivity index (χ0n) is 9.36. The fourth-order valence-corrected chi connectivity index (χ4v) is 1.34. The van der Waals surface area contributed by atoms with E-state index in [1.54, 1.807) is 25.1 Å². The van der Waals surface area contributed by atoms with Crippen LogP contribution in [0.15, 0.2) is 18.2 Å². The molecular weight excluding hydrogens is 208 g/mol. The molecule has 0 spiro atoms. The highest BCUT2D eigenvalue weighted by molar-refractivity contribution is 5.82. The largest absolute Gasteiger partial charge is 0.497 e. The number of hydrogen-bond donors (Lipinski definition) is 0. The number of carbonyl (C=O) groups excluding carboxylic acids is 2. The molecule has 0 aliphatic carbocycles. The van der Waals surface area contributed by atoms with Crippen LogP contribution in [0, 0.1) is 0 Å². The minimum Gasteiger partial charge on any atom is -0.497 e. The van der Waals surface area contributed by atoms with Crippen molar-refractivity contribution in [3.63, 3.8) is 0 Å².